The number of hydrogen-bond donors (Lipinski definition) is 1. The Morgan fingerprint density at radius 2 is 1.75 bits per heavy atom. The van der Waals surface area contributed by atoms with Gasteiger partial charge in [0.05, 0.1) is 28.4 Å². The Morgan fingerprint density at radius 3 is 2.36 bits per heavy atom. The maximum absolute atomic E-state index is 12.8. The second-order valence-electron chi connectivity index (χ2n) is 12.0. The molecule has 5 rings (SSSR count). The average molecular weight is 617 g/mol. The van der Waals surface area contributed by atoms with Crippen molar-refractivity contribution in [2.24, 2.45) is 0 Å². The third-order valence-corrected chi connectivity index (χ3v) is 8.65. The smallest absolute Gasteiger partial charge is 0.410 e. The molecule has 1 saturated heterocycles. The Labute approximate surface area is 257 Å². The molecule has 0 saturated carbocycles. The largest absolute Gasteiger partial charge is 0.472 e. The Bertz CT molecular complexity index is 1780. The average Bonchev–Trinajstić information content (AvgIpc) is 3.35. The van der Waals surface area contributed by atoms with E-state index in [1.807, 2.05) is 61.9 Å². The summed E-state index contributed by atoms with van der Waals surface area (Å²) < 4.78 is 37.7. The summed E-state index contributed by atoms with van der Waals surface area (Å²) in [6.45, 7) is 6.58. The number of carbonyl (C=O) groups is 1. The van der Waals surface area contributed by atoms with Gasteiger partial charge in [-0.1, -0.05) is 30.3 Å². The van der Waals surface area contributed by atoms with Gasteiger partial charge in [-0.15, -0.1) is 0 Å². The Kier molecular flexibility index (Phi) is 8.52. The van der Waals surface area contributed by atoms with Gasteiger partial charge in [-0.05, 0) is 69.5 Å². The third-order valence-electron chi connectivity index (χ3n) is 7.53. The standard InChI is InChI=1S/C32H36N6O5S/c1-31(2,3)43-30(39)37-20-16-32(15-18-33,17-21-37)38-26-14-19-34-29(42-22-23-8-6-5-7-9-23)27(26)28(36-38)35-24-10-12-25(13-11-24)44(4,40)41/h5-14,19H,15-17,20-22H2,1-4H3,(H,35,36). The molecule has 12 heteroatoms. The van der Waals surface area contributed by atoms with Crippen LogP contribution in [-0.2, 0) is 26.7 Å². The zero-order chi connectivity index (χ0) is 31.5. The predicted molar refractivity (Wildman–Crippen MR) is 166 cm³/mol. The minimum Gasteiger partial charge on any atom is -0.472 e. The second kappa shape index (κ2) is 12.2. The van der Waals surface area contributed by atoms with Crippen molar-refractivity contribution < 1.29 is 22.7 Å². The molecule has 0 atom stereocenters. The Hall–Kier alpha value is -4.63. The summed E-state index contributed by atoms with van der Waals surface area (Å²) in [5.41, 5.74) is 0.999. The molecular weight excluding hydrogens is 580 g/mol. The number of hydrogen-bond acceptors (Lipinski definition) is 9. The molecular formula is C32H36N6O5S. The van der Waals surface area contributed by atoms with E-state index in [0.29, 0.717) is 48.7 Å². The van der Waals surface area contributed by atoms with E-state index in [1.165, 1.54) is 12.1 Å². The molecule has 1 fully saturated rings. The minimum absolute atomic E-state index is 0.178. The number of amides is 1. The molecule has 0 bridgehead atoms. The molecule has 1 amide bonds. The van der Waals surface area contributed by atoms with E-state index in [1.54, 1.807) is 23.2 Å². The lowest BCUT2D eigenvalue weighted by atomic mass is 9.85. The first-order valence-electron chi connectivity index (χ1n) is 14.4. The number of sulfone groups is 1. The van der Waals surface area contributed by atoms with Crippen LogP contribution in [0.1, 0.15) is 45.6 Å². The highest BCUT2D eigenvalue weighted by molar-refractivity contribution is 7.90. The van der Waals surface area contributed by atoms with Crippen molar-refractivity contribution in [2.75, 3.05) is 24.7 Å². The number of nitrogens with zero attached hydrogens (tertiary/aromatic N) is 5. The van der Waals surface area contributed by atoms with Crippen molar-refractivity contribution in [1.82, 2.24) is 19.7 Å². The van der Waals surface area contributed by atoms with Gasteiger partial charge < -0.3 is 19.7 Å². The van der Waals surface area contributed by atoms with E-state index in [9.17, 15) is 18.5 Å². The number of likely N-dealkylation sites (tertiary alicyclic amines) is 1. The van der Waals surface area contributed by atoms with E-state index in [4.69, 9.17) is 14.6 Å². The molecule has 1 aliphatic heterocycles. The molecule has 0 radical (unpaired) electrons. The lowest BCUT2D eigenvalue weighted by Gasteiger charge is -2.41. The normalized spacial score (nSPS) is 15.0. The van der Waals surface area contributed by atoms with Gasteiger partial charge >= 0.3 is 6.09 Å². The highest BCUT2D eigenvalue weighted by Crippen LogP contribution is 2.41. The second-order valence-corrected chi connectivity index (χ2v) is 14.0. The fourth-order valence-corrected chi connectivity index (χ4v) is 5.92. The van der Waals surface area contributed by atoms with Gasteiger partial charge in [-0.25, -0.2) is 18.2 Å². The zero-order valence-electron chi connectivity index (χ0n) is 25.3. The monoisotopic (exact) mass is 616 g/mol. The van der Waals surface area contributed by atoms with Crippen LogP contribution >= 0.6 is 0 Å². The maximum atomic E-state index is 12.8. The van der Waals surface area contributed by atoms with Crippen LogP contribution in [0.3, 0.4) is 0 Å². The summed E-state index contributed by atoms with van der Waals surface area (Å²) in [5.74, 6) is 0.821. The van der Waals surface area contributed by atoms with Crippen molar-refractivity contribution in [3.8, 4) is 11.9 Å². The van der Waals surface area contributed by atoms with Crippen LogP contribution in [0.5, 0.6) is 5.88 Å². The highest BCUT2D eigenvalue weighted by atomic mass is 32.2. The number of carbonyl (C=O) groups excluding carboxylic acids is 1. The van der Waals surface area contributed by atoms with Crippen LogP contribution in [-0.4, -0.2) is 59.1 Å². The topological polar surface area (TPSA) is 139 Å². The molecule has 0 aliphatic carbocycles. The fourth-order valence-electron chi connectivity index (χ4n) is 5.29. The van der Waals surface area contributed by atoms with Crippen molar-refractivity contribution in [3.05, 3.63) is 72.4 Å². The van der Waals surface area contributed by atoms with Crippen molar-refractivity contribution in [3.63, 3.8) is 0 Å². The van der Waals surface area contributed by atoms with Crippen LogP contribution in [0, 0.1) is 11.3 Å². The van der Waals surface area contributed by atoms with Crippen LogP contribution in [0.2, 0.25) is 0 Å². The van der Waals surface area contributed by atoms with Gasteiger partial charge in [0.1, 0.15) is 17.6 Å². The number of nitrogens with one attached hydrogen (secondary N) is 1. The van der Waals surface area contributed by atoms with Crippen molar-refractivity contribution >= 4 is 38.3 Å². The predicted octanol–water partition coefficient (Wildman–Crippen LogP) is 5.80. The van der Waals surface area contributed by atoms with Gasteiger partial charge in [-0.3, -0.25) is 4.68 Å². The highest BCUT2D eigenvalue weighted by Gasteiger charge is 2.41. The van der Waals surface area contributed by atoms with Crippen LogP contribution in [0.15, 0.2) is 71.8 Å². The number of pyridine rings is 1. The molecule has 2 aromatic carbocycles. The molecule has 0 spiro atoms. The first-order chi connectivity index (χ1) is 20.9. The lowest BCUT2D eigenvalue weighted by molar-refractivity contribution is 0.0110. The zero-order valence-corrected chi connectivity index (χ0v) is 26.1. The summed E-state index contributed by atoms with van der Waals surface area (Å²) >= 11 is 0. The van der Waals surface area contributed by atoms with Gasteiger partial charge in [-0.2, -0.15) is 10.4 Å². The quantitative estimate of drug-likeness (QED) is 0.260. The summed E-state index contributed by atoms with van der Waals surface area (Å²) in [5, 5.41) is 18.9. The molecule has 11 nitrogen and oxygen atoms in total. The first kappa shape index (κ1) is 30.8. The van der Waals surface area contributed by atoms with Gasteiger partial charge in [0, 0.05) is 31.2 Å². The third kappa shape index (κ3) is 6.78. The summed E-state index contributed by atoms with van der Waals surface area (Å²) in [4.78, 5) is 19.2. The number of nitriles is 1. The first-order valence-corrected chi connectivity index (χ1v) is 16.2. The number of benzene rings is 2. The van der Waals surface area contributed by atoms with E-state index in [0.717, 1.165) is 17.3 Å². The molecule has 4 aromatic rings. The van der Waals surface area contributed by atoms with Crippen molar-refractivity contribution in [2.45, 2.75) is 62.7 Å². The van der Waals surface area contributed by atoms with Gasteiger partial charge in [0.15, 0.2) is 15.7 Å². The minimum atomic E-state index is -3.36. The Morgan fingerprint density at radius 1 is 1.07 bits per heavy atom. The molecule has 2 aromatic heterocycles. The van der Waals surface area contributed by atoms with E-state index in [2.05, 4.69) is 16.4 Å². The van der Waals surface area contributed by atoms with E-state index < -0.39 is 21.0 Å². The maximum Gasteiger partial charge on any atom is 0.410 e. The van der Waals surface area contributed by atoms with Crippen molar-refractivity contribution in [1.29, 1.82) is 5.26 Å². The van der Waals surface area contributed by atoms with Crippen LogP contribution in [0.4, 0.5) is 16.3 Å². The summed E-state index contributed by atoms with van der Waals surface area (Å²) in [7, 11) is -3.36. The van der Waals surface area contributed by atoms with E-state index in [-0.39, 0.29) is 24.0 Å². The van der Waals surface area contributed by atoms with Gasteiger partial charge in [0.25, 0.3) is 0 Å². The number of fused-ring (bicyclic) bond motifs is 1. The number of anilines is 2. The number of aromatic nitrogens is 3. The fraction of sp³-hybridized carbons (Fsp3) is 0.375. The molecule has 1 N–H and O–H groups in total. The lowest BCUT2D eigenvalue weighted by Crippen LogP contribution is -2.49. The molecule has 3 heterocycles. The number of rotatable bonds is 8. The summed E-state index contributed by atoms with van der Waals surface area (Å²) in [6, 6.07) is 20.3. The number of piperidine rings is 1. The molecule has 44 heavy (non-hydrogen) atoms. The summed E-state index contributed by atoms with van der Waals surface area (Å²) in [6.07, 6.45) is 3.59. The van der Waals surface area contributed by atoms with Crippen LogP contribution < -0.4 is 10.1 Å². The molecule has 0 unspecified atom stereocenters. The molecule has 230 valence electrons. The van der Waals surface area contributed by atoms with E-state index >= 15 is 0 Å². The SMILES string of the molecule is CC(C)(C)OC(=O)N1CCC(CC#N)(n2nc(Nc3ccc(S(C)(=O)=O)cc3)c3c(OCc4ccccc4)nccc32)CC1. The van der Waals surface area contributed by atoms with Gasteiger partial charge in [0.2, 0.25) is 5.88 Å². The Balaban J connectivity index is 1.54. The number of ether oxygens (including phenoxy) is 2. The molecule has 1 aliphatic rings. The van der Waals surface area contributed by atoms with Crippen LogP contribution in [0.25, 0.3) is 10.9 Å².